The molecular formula is C17H36N2O. The molecule has 120 valence electrons. The largest absolute Gasteiger partial charge is 0.382 e. The van der Waals surface area contributed by atoms with Crippen LogP contribution in [0.4, 0.5) is 0 Å². The second-order valence-electron chi connectivity index (χ2n) is 7.66. The van der Waals surface area contributed by atoms with Crippen LogP contribution >= 0.6 is 0 Å². The van der Waals surface area contributed by atoms with E-state index in [-0.39, 0.29) is 0 Å². The van der Waals surface area contributed by atoms with E-state index in [9.17, 15) is 0 Å². The zero-order valence-corrected chi connectivity index (χ0v) is 14.5. The van der Waals surface area contributed by atoms with Gasteiger partial charge >= 0.3 is 0 Å². The van der Waals surface area contributed by atoms with Crippen LogP contribution in [-0.4, -0.2) is 49.8 Å². The van der Waals surface area contributed by atoms with E-state index in [4.69, 9.17) is 4.74 Å². The zero-order valence-electron chi connectivity index (χ0n) is 14.5. The molecule has 3 heteroatoms. The highest BCUT2D eigenvalue weighted by Gasteiger charge is 2.33. The monoisotopic (exact) mass is 284 g/mol. The highest BCUT2D eigenvalue weighted by atomic mass is 16.5. The van der Waals surface area contributed by atoms with Crippen molar-refractivity contribution < 1.29 is 4.74 Å². The average Bonchev–Trinajstić information content (AvgIpc) is 2.34. The van der Waals surface area contributed by atoms with E-state index in [0.717, 1.165) is 32.1 Å². The fraction of sp³-hybridized carbons (Fsp3) is 1.00. The van der Waals surface area contributed by atoms with Crippen LogP contribution in [0.2, 0.25) is 0 Å². The molecule has 2 atom stereocenters. The fourth-order valence-electron chi connectivity index (χ4n) is 3.00. The first-order valence-corrected chi connectivity index (χ1v) is 8.39. The Balaban J connectivity index is 2.53. The quantitative estimate of drug-likeness (QED) is 0.727. The van der Waals surface area contributed by atoms with Crippen LogP contribution in [0.3, 0.4) is 0 Å². The van der Waals surface area contributed by atoms with E-state index in [2.05, 4.69) is 51.8 Å². The van der Waals surface area contributed by atoms with E-state index in [0.29, 0.717) is 17.5 Å². The van der Waals surface area contributed by atoms with E-state index in [1.165, 1.54) is 19.5 Å². The zero-order chi connectivity index (χ0) is 15.2. The van der Waals surface area contributed by atoms with Crippen LogP contribution in [0, 0.1) is 11.3 Å². The molecule has 1 rings (SSSR count). The Labute approximate surface area is 126 Å². The summed E-state index contributed by atoms with van der Waals surface area (Å²) in [6.45, 7) is 19.0. The predicted molar refractivity (Wildman–Crippen MR) is 87.2 cm³/mol. The second-order valence-corrected chi connectivity index (χ2v) is 7.66. The van der Waals surface area contributed by atoms with Crippen LogP contribution in [0.1, 0.15) is 54.4 Å². The maximum atomic E-state index is 5.49. The summed E-state index contributed by atoms with van der Waals surface area (Å²) in [7, 11) is 0. The van der Waals surface area contributed by atoms with Crippen LogP contribution < -0.4 is 5.32 Å². The Morgan fingerprint density at radius 2 is 2.00 bits per heavy atom. The van der Waals surface area contributed by atoms with Crippen LogP contribution in [0.25, 0.3) is 0 Å². The van der Waals surface area contributed by atoms with Crippen molar-refractivity contribution in [3.8, 4) is 0 Å². The van der Waals surface area contributed by atoms with Gasteiger partial charge in [-0.3, -0.25) is 4.90 Å². The van der Waals surface area contributed by atoms with Crippen molar-refractivity contribution in [2.45, 2.75) is 66.5 Å². The molecule has 1 N–H and O–H groups in total. The lowest BCUT2D eigenvalue weighted by atomic mass is 9.84. The third-order valence-electron chi connectivity index (χ3n) is 4.26. The minimum Gasteiger partial charge on any atom is -0.382 e. The molecule has 0 aliphatic carbocycles. The summed E-state index contributed by atoms with van der Waals surface area (Å²) < 4.78 is 5.49. The number of hydrogen-bond acceptors (Lipinski definition) is 3. The molecule has 0 radical (unpaired) electrons. The topological polar surface area (TPSA) is 24.5 Å². The third kappa shape index (κ3) is 6.11. The number of nitrogens with one attached hydrogen (secondary N) is 1. The molecule has 0 saturated carbocycles. The SMILES string of the molecule is CCOCCCN1CC(C(C)(C)C)NCC1CC(C)C. The van der Waals surface area contributed by atoms with Crippen molar-refractivity contribution in [3.63, 3.8) is 0 Å². The highest BCUT2D eigenvalue weighted by molar-refractivity contribution is 4.92. The maximum Gasteiger partial charge on any atom is 0.0478 e. The number of nitrogens with zero attached hydrogens (tertiary/aromatic N) is 1. The molecule has 0 aromatic carbocycles. The van der Waals surface area contributed by atoms with Gasteiger partial charge in [0.15, 0.2) is 0 Å². The van der Waals surface area contributed by atoms with Crippen LogP contribution in [0.5, 0.6) is 0 Å². The molecule has 0 amide bonds. The molecule has 1 saturated heterocycles. The number of hydrogen-bond donors (Lipinski definition) is 1. The number of ether oxygens (including phenoxy) is 1. The van der Waals surface area contributed by atoms with Crippen molar-refractivity contribution in [1.29, 1.82) is 0 Å². The summed E-state index contributed by atoms with van der Waals surface area (Å²) in [4.78, 5) is 2.70. The van der Waals surface area contributed by atoms with Crippen molar-refractivity contribution in [3.05, 3.63) is 0 Å². The van der Waals surface area contributed by atoms with Crippen molar-refractivity contribution in [2.75, 3.05) is 32.8 Å². The first kappa shape index (κ1) is 17.9. The minimum absolute atomic E-state index is 0.334. The summed E-state index contributed by atoms with van der Waals surface area (Å²) in [6.07, 6.45) is 2.44. The number of piperazine rings is 1. The van der Waals surface area contributed by atoms with E-state index in [1.54, 1.807) is 0 Å². The molecule has 0 aromatic heterocycles. The lowest BCUT2D eigenvalue weighted by Crippen LogP contribution is -2.60. The van der Waals surface area contributed by atoms with Gasteiger partial charge < -0.3 is 10.1 Å². The lowest BCUT2D eigenvalue weighted by Gasteiger charge is -2.45. The highest BCUT2D eigenvalue weighted by Crippen LogP contribution is 2.25. The maximum absolute atomic E-state index is 5.49. The van der Waals surface area contributed by atoms with E-state index < -0.39 is 0 Å². The smallest absolute Gasteiger partial charge is 0.0478 e. The first-order chi connectivity index (χ1) is 9.34. The standard InChI is InChI=1S/C17H36N2O/c1-7-20-10-8-9-19-13-16(17(4,5)6)18-12-15(19)11-14(2)3/h14-16,18H,7-13H2,1-6H3. The van der Waals surface area contributed by atoms with Gasteiger partial charge in [-0.05, 0) is 31.1 Å². The van der Waals surface area contributed by atoms with Crippen LogP contribution in [-0.2, 0) is 4.74 Å². The molecular weight excluding hydrogens is 248 g/mol. The average molecular weight is 284 g/mol. The molecule has 1 fully saturated rings. The summed E-state index contributed by atoms with van der Waals surface area (Å²) in [5.74, 6) is 0.766. The van der Waals surface area contributed by atoms with Crippen molar-refractivity contribution in [1.82, 2.24) is 10.2 Å². The molecule has 0 bridgehead atoms. The second kappa shape index (κ2) is 8.35. The van der Waals surface area contributed by atoms with E-state index in [1.807, 2.05) is 0 Å². The number of rotatable bonds is 7. The Morgan fingerprint density at radius 3 is 2.55 bits per heavy atom. The van der Waals surface area contributed by atoms with Gasteiger partial charge in [0.05, 0.1) is 0 Å². The Bertz CT molecular complexity index is 260. The Morgan fingerprint density at radius 1 is 1.30 bits per heavy atom. The van der Waals surface area contributed by atoms with Gasteiger partial charge in [0.1, 0.15) is 0 Å². The molecule has 0 spiro atoms. The third-order valence-corrected chi connectivity index (χ3v) is 4.26. The normalized spacial score (nSPS) is 25.4. The van der Waals surface area contributed by atoms with Crippen LogP contribution in [0.15, 0.2) is 0 Å². The van der Waals surface area contributed by atoms with E-state index >= 15 is 0 Å². The fourth-order valence-corrected chi connectivity index (χ4v) is 3.00. The minimum atomic E-state index is 0.334. The Hall–Kier alpha value is -0.120. The van der Waals surface area contributed by atoms with Gasteiger partial charge in [0, 0.05) is 44.9 Å². The molecule has 1 aliphatic heterocycles. The van der Waals surface area contributed by atoms with Gasteiger partial charge in [-0.25, -0.2) is 0 Å². The van der Waals surface area contributed by atoms with Gasteiger partial charge in [-0.2, -0.15) is 0 Å². The summed E-state index contributed by atoms with van der Waals surface area (Å²) in [5, 5.41) is 3.77. The lowest BCUT2D eigenvalue weighted by molar-refractivity contribution is 0.0622. The predicted octanol–water partition coefficient (Wildman–Crippen LogP) is 3.15. The van der Waals surface area contributed by atoms with Gasteiger partial charge in [-0.1, -0.05) is 34.6 Å². The molecule has 1 heterocycles. The Kier molecular flexibility index (Phi) is 7.49. The molecule has 3 nitrogen and oxygen atoms in total. The van der Waals surface area contributed by atoms with Gasteiger partial charge in [0.25, 0.3) is 0 Å². The summed E-state index contributed by atoms with van der Waals surface area (Å²) in [5.41, 5.74) is 0.334. The van der Waals surface area contributed by atoms with Gasteiger partial charge in [0.2, 0.25) is 0 Å². The van der Waals surface area contributed by atoms with Crippen molar-refractivity contribution >= 4 is 0 Å². The first-order valence-electron chi connectivity index (χ1n) is 8.39. The van der Waals surface area contributed by atoms with Crippen molar-refractivity contribution in [2.24, 2.45) is 11.3 Å². The molecule has 0 aromatic rings. The van der Waals surface area contributed by atoms with Gasteiger partial charge in [-0.15, -0.1) is 0 Å². The summed E-state index contributed by atoms with van der Waals surface area (Å²) in [6, 6.07) is 1.29. The summed E-state index contributed by atoms with van der Waals surface area (Å²) >= 11 is 0. The molecule has 2 unspecified atom stereocenters. The molecule has 20 heavy (non-hydrogen) atoms. The molecule has 1 aliphatic rings.